The van der Waals surface area contributed by atoms with E-state index >= 15 is 0 Å². The monoisotopic (exact) mass is 717 g/mol. The van der Waals surface area contributed by atoms with Crippen molar-refractivity contribution in [3.8, 4) is 0 Å². The number of oxime groups is 1. The molecule has 4 fully saturated rings. The Labute approximate surface area is 286 Å². The Bertz CT molecular complexity index is 1800. The van der Waals surface area contributed by atoms with Gasteiger partial charge in [-0.3, -0.25) is 14.5 Å². The number of anilines is 1. The van der Waals surface area contributed by atoms with Gasteiger partial charge in [-0.25, -0.2) is 9.97 Å². The summed E-state index contributed by atoms with van der Waals surface area (Å²) in [4.78, 5) is 54.0. The number of nitrogens with two attached hydrogens (primary N) is 1. The van der Waals surface area contributed by atoms with Crippen molar-refractivity contribution >= 4 is 85.0 Å². The first-order chi connectivity index (χ1) is 22.6. The molecule has 4 N–H and O–H groups in total. The predicted molar refractivity (Wildman–Crippen MR) is 178 cm³/mol. The van der Waals surface area contributed by atoms with Crippen molar-refractivity contribution in [2.24, 2.45) is 5.16 Å². The van der Waals surface area contributed by atoms with E-state index in [-0.39, 0.29) is 28.8 Å². The van der Waals surface area contributed by atoms with E-state index in [0.717, 1.165) is 82.9 Å². The van der Waals surface area contributed by atoms with Crippen LogP contribution in [0.5, 0.6) is 0 Å². The third-order valence-electron chi connectivity index (χ3n) is 9.46. The molecule has 1 aromatic carbocycles. The molecule has 18 heteroatoms. The second-order valence-electron chi connectivity index (χ2n) is 12.1. The van der Waals surface area contributed by atoms with Crippen LogP contribution in [0.3, 0.4) is 0 Å². The van der Waals surface area contributed by atoms with Crippen LogP contribution in [-0.4, -0.2) is 129 Å². The molecule has 47 heavy (non-hydrogen) atoms. The fraction of sp³-hybridized carbons (Fsp3) is 0.448. The van der Waals surface area contributed by atoms with E-state index in [4.69, 9.17) is 15.6 Å². The van der Waals surface area contributed by atoms with Gasteiger partial charge in [-0.05, 0) is 12.1 Å². The van der Waals surface area contributed by atoms with Crippen LogP contribution in [0.2, 0.25) is 0 Å². The molecule has 14 nitrogen and oxygen atoms in total. The number of rotatable bonds is 11. The van der Waals surface area contributed by atoms with Gasteiger partial charge in [0.1, 0.15) is 76.6 Å². The van der Waals surface area contributed by atoms with Gasteiger partial charge in [0.2, 0.25) is 0 Å². The van der Waals surface area contributed by atoms with E-state index in [0.29, 0.717) is 15.0 Å². The van der Waals surface area contributed by atoms with Crippen LogP contribution in [0, 0.1) is 0 Å². The van der Waals surface area contributed by atoms with Gasteiger partial charge in [0, 0.05) is 21.6 Å². The van der Waals surface area contributed by atoms with Gasteiger partial charge >= 0.3 is 0 Å². The number of carbonyl (C=O) groups excluding carboxylic acids is 3. The number of nitrogen functional groups attached to an aromatic ring is 1. The molecule has 8 rings (SSSR count). The number of carboxylic acid groups (broad SMARTS) is 1. The molecule has 0 radical (unpaired) electrons. The van der Waals surface area contributed by atoms with E-state index in [2.05, 4.69) is 33.7 Å². The lowest BCUT2D eigenvalue weighted by Crippen LogP contribution is -2.74. The number of thioether (sulfide) groups is 2. The topological polar surface area (TPSA) is 183 Å². The predicted octanol–water partition coefficient (Wildman–Crippen LogP) is -0.00770. The molecule has 4 saturated heterocycles. The number of carbonyl (C=O) groups is 3. The van der Waals surface area contributed by atoms with Gasteiger partial charge in [0.25, 0.3) is 11.8 Å². The van der Waals surface area contributed by atoms with Crippen LogP contribution >= 0.6 is 46.2 Å². The first kappa shape index (κ1) is 32.3. The Kier molecular flexibility index (Phi) is 8.69. The molecule has 7 heterocycles. The van der Waals surface area contributed by atoms with E-state index in [1.807, 2.05) is 0 Å². The number of hydrogen-bond donors (Lipinski definition) is 3. The highest BCUT2D eigenvalue weighted by atomic mass is 32.2. The molecule has 2 bridgehead atoms. The molecule has 0 saturated carbocycles. The molecule has 2 aromatic heterocycles. The van der Waals surface area contributed by atoms with Gasteiger partial charge < -0.3 is 39.9 Å². The summed E-state index contributed by atoms with van der Waals surface area (Å²) in [5.41, 5.74) is 7.64. The minimum Gasteiger partial charge on any atom is -0.543 e. The number of hydrogen-bond acceptors (Lipinski definition) is 14. The number of piperazine rings is 3. The number of benzene rings is 1. The van der Waals surface area contributed by atoms with Gasteiger partial charge in [-0.2, -0.15) is 0 Å². The van der Waals surface area contributed by atoms with Crippen LogP contribution in [0.1, 0.15) is 11.3 Å². The number of amides is 2. The third kappa shape index (κ3) is 6.00. The molecule has 5 aliphatic rings. The Morgan fingerprint density at radius 3 is 2.62 bits per heavy atom. The smallest absolute Gasteiger partial charge is 0.276 e. The number of quaternary nitrogens is 2. The maximum absolute atomic E-state index is 13.2. The summed E-state index contributed by atoms with van der Waals surface area (Å²) in [5, 5.41) is 29.4. The summed E-state index contributed by atoms with van der Waals surface area (Å²) >= 11 is 5.19. The zero-order valence-corrected chi connectivity index (χ0v) is 28.7. The summed E-state index contributed by atoms with van der Waals surface area (Å²) in [6.45, 7) is 8.67. The van der Waals surface area contributed by atoms with Crippen LogP contribution in [0.15, 0.2) is 43.7 Å². The number of thiazole rings is 2. The zero-order chi connectivity index (χ0) is 32.9. The molecular formula is C29H33N8O6S4+. The Balaban J connectivity index is 1.05. The van der Waals surface area contributed by atoms with Crippen LogP contribution in [-0.2, 0) is 25.8 Å². The summed E-state index contributed by atoms with van der Waals surface area (Å²) in [5.74, 6) is -2.42. The fourth-order valence-corrected chi connectivity index (χ4v) is 11.1. The minimum absolute atomic E-state index is 0.145. The van der Waals surface area contributed by atoms with Crippen molar-refractivity contribution in [2.75, 3.05) is 71.0 Å². The molecule has 5 aliphatic heterocycles. The quantitative estimate of drug-likeness (QED) is 0.105. The number of aliphatic hydroxyl groups excluding tert-OH is 1. The molecule has 0 spiro atoms. The number of carboxylic acids is 1. The highest BCUT2D eigenvalue weighted by Gasteiger charge is 2.53. The lowest BCUT2D eigenvalue weighted by Gasteiger charge is -2.55. The average Bonchev–Trinajstić information content (AvgIpc) is 3.67. The highest BCUT2D eigenvalue weighted by Crippen LogP contribution is 2.46. The first-order valence-electron chi connectivity index (χ1n) is 15.0. The van der Waals surface area contributed by atoms with E-state index in [1.165, 1.54) is 52.4 Å². The number of fused-ring (bicyclic) bond motifs is 5. The Morgan fingerprint density at radius 1 is 1.21 bits per heavy atom. The minimum atomic E-state index is -1.46. The Morgan fingerprint density at radius 2 is 1.96 bits per heavy atom. The van der Waals surface area contributed by atoms with Crippen molar-refractivity contribution in [2.45, 2.75) is 22.3 Å². The second kappa shape index (κ2) is 12.6. The number of aliphatic hydroxyl groups is 1. The van der Waals surface area contributed by atoms with Gasteiger partial charge in [-0.1, -0.05) is 23.0 Å². The van der Waals surface area contributed by atoms with Gasteiger partial charge in [-0.15, -0.1) is 34.4 Å². The lowest BCUT2D eigenvalue weighted by atomic mass is 10.0. The SMILES string of the molecule is CO/N=C(\C(=O)N[C@@H]1C(=O)N2C(C(=O)[O-])=C(Sc3nc4cc(C[N+]56CC[N+](CCO)(CC5)CC6)ccc4s3)CS[C@H]12)c1csc(N)n1. The second-order valence-corrected chi connectivity index (χ2v) is 16.5. The molecule has 2 atom stereocenters. The zero-order valence-electron chi connectivity index (χ0n) is 25.4. The van der Waals surface area contributed by atoms with Crippen molar-refractivity contribution in [1.82, 2.24) is 20.2 Å². The average molecular weight is 718 g/mol. The number of aliphatic carboxylic acids is 1. The standard InChI is InChI=1S/C29H32N8O6S4/c1-43-34-21(18-14-45-28(30)31-18)24(39)33-22-25(40)35-23(27(41)42)20(15-44-26(22)35)47-29-32-17-12-16(2-3-19(17)46-29)13-37-7-4-36(5-8-37,6-9-37)10-11-38/h2-3,12,14,22,26,38H,4-11,13,15H2,1H3,(H2-2,30,31,33,39,41,42)/p+1/b34-21-/t22-,26-,36?,37?/m1/s1. The molecule has 3 aromatic rings. The lowest BCUT2D eigenvalue weighted by molar-refractivity contribution is -1.09. The number of β-lactam (4-membered cyclic amide) rings is 1. The van der Waals surface area contributed by atoms with Gasteiger partial charge in [0.15, 0.2) is 15.2 Å². The number of nitrogens with one attached hydrogen (secondary N) is 1. The highest BCUT2D eigenvalue weighted by molar-refractivity contribution is 8.07. The summed E-state index contributed by atoms with van der Waals surface area (Å²) in [6, 6.07) is 5.41. The molecule has 0 unspecified atom stereocenters. The van der Waals surface area contributed by atoms with Gasteiger partial charge in [0.05, 0.1) is 28.5 Å². The largest absolute Gasteiger partial charge is 0.543 e. The normalized spacial score (nSPS) is 27.1. The van der Waals surface area contributed by atoms with Crippen LogP contribution in [0.4, 0.5) is 5.13 Å². The maximum Gasteiger partial charge on any atom is 0.276 e. The van der Waals surface area contributed by atoms with Crippen molar-refractivity contribution in [1.29, 1.82) is 0 Å². The van der Waals surface area contributed by atoms with Crippen molar-refractivity contribution < 1.29 is 38.4 Å². The first-order valence-corrected chi connectivity index (χ1v) is 18.6. The molecular weight excluding hydrogens is 685 g/mol. The van der Waals surface area contributed by atoms with Crippen LogP contribution in [0.25, 0.3) is 10.2 Å². The summed E-state index contributed by atoms with van der Waals surface area (Å²) < 4.78 is 3.78. The van der Waals surface area contributed by atoms with E-state index < -0.39 is 29.2 Å². The molecule has 248 valence electrons. The molecule has 2 amide bonds. The third-order valence-corrected chi connectivity index (χ3v) is 13.8. The maximum atomic E-state index is 13.2. The number of aromatic nitrogens is 2. The number of nitrogens with zero attached hydrogens (tertiary/aromatic N) is 6. The van der Waals surface area contributed by atoms with Crippen LogP contribution < -0.4 is 16.2 Å². The van der Waals surface area contributed by atoms with Crippen molar-refractivity contribution in [3.05, 3.63) is 45.4 Å². The van der Waals surface area contributed by atoms with E-state index in [9.17, 15) is 24.6 Å². The summed E-state index contributed by atoms with van der Waals surface area (Å²) in [7, 11) is 1.28. The molecule has 0 aliphatic carbocycles. The summed E-state index contributed by atoms with van der Waals surface area (Å²) in [6.07, 6.45) is 0. The van der Waals surface area contributed by atoms with Crippen molar-refractivity contribution in [3.63, 3.8) is 0 Å². The van der Waals surface area contributed by atoms with E-state index in [1.54, 1.807) is 5.38 Å². The fourth-order valence-electron chi connectivity index (χ4n) is 6.88. The Hall–Kier alpha value is -3.26.